The Hall–Kier alpha value is -1.06. The Bertz CT molecular complexity index is 556. The quantitative estimate of drug-likeness (QED) is 0.787. The number of nitrogens with one attached hydrogen (secondary N) is 1. The predicted octanol–water partition coefficient (Wildman–Crippen LogP) is 4.76. The van der Waals surface area contributed by atoms with E-state index in [1.807, 2.05) is 0 Å². The summed E-state index contributed by atoms with van der Waals surface area (Å²) in [6.07, 6.45) is 2.45. The molecule has 1 unspecified atom stereocenters. The molecular weight excluding hydrogens is 314 g/mol. The molecule has 0 saturated heterocycles. The van der Waals surface area contributed by atoms with E-state index in [1.165, 1.54) is 10.8 Å². The SMILES string of the molecule is CCCC(CNCC)Oc1ccc2cc(Br)ccc2c1. The molecule has 0 heterocycles. The van der Waals surface area contributed by atoms with Crippen LogP contribution in [0.15, 0.2) is 40.9 Å². The lowest BCUT2D eigenvalue weighted by atomic mass is 10.1. The molecule has 20 heavy (non-hydrogen) atoms. The highest BCUT2D eigenvalue weighted by Gasteiger charge is 2.09. The van der Waals surface area contributed by atoms with Crippen LogP contribution in [0.25, 0.3) is 10.8 Å². The molecule has 0 spiro atoms. The Morgan fingerprint density at radius 1 is 1.10 bits per heavy atom. The molecule has 2 nitrogen and oxygen atoms in total. The highest BCUT2D eigenvalue weighted by Crippen LogP contribution is 2.25. The van der Waals surface area contributed by atoms with Gasteiger partial charge in [0.15, 0.2) is 0 Å². The molecule has 0 radical (unpaired) electrons. The Kier molecular flexibility index (Phi) is 5.86. The Balaban J connectivity index is 2.12. The predicted molar refractivity (Wildman–Crippen MR) is 89.5 cm³/mol. The number of ether oxygens (including phenoxy) is 1. The van der Waals surface area contributed by atoms with Gasteiger partial charge in [0, 0.05) is 11.0 Å². The van der Waals surface area contributed by atoms with Gasteiger partial charge in [0.05, 0.1) is 0 Å². The van der Waals surface area contributed by atoms with Gasteiger partial charge in [0.1, 0.15) is 11.9 Å². The molecule has 1 atom stereocenters. The number of hydrogen-bond donors (Lipinski definition) is 1. The summed E-state index contributed by atoms with van der Waals surface area (Å²) in [5, 5.41) is 5.81. The third kappa shape index (κ3) is 4.22. The number of halogens is 1. The average Bonchev–Trinajstić information content (AvgIpc) is 2.45. The van der Waals surface area contributed by atoms with Crippen LogP contribution in [0.4, 0.5) is 0 Å². The second kappa shape index (κ2) is 7.65. The minimum Gasteiger partial charge on any atom is -0.489 e. The first-order valence-electron chi connectivity index (χ1n) is 7.29. The zero-order valence-corrected chi connectivity index (χ0v) is 13.7. The summed E-state index contributed by atoms with van der Waals surface area (Å²) in [4.78, 5) is 0. The molecule has 0 aliphatic rings. The molecule has 108 valence electrons. The third-order valence-corrected chi connectivity index (χ3v) is 3.80. The minimum atomic E-state index is 0.243. The van der Waals surface area contributed by atoms with Crippen LogP contribution >= 0.6 is 15.9 Å². The second-order valence-corrected chi connectivity index (χ2v) is 5.91. The molecule has 0 aliphatic heterocycles. The number of likely N-dealkylation sites (N-methyl/N-ethyl adjacent to an activating group) is 1. The summed E-state index contributed by atoms with van der Waals surface area (Å²) >= 11 is 3.50. The first kappa shape index (κ1) is 15.3. The fraction of sp³-hybridized carbons (Fsp3) is 0.412. The van der Waals surface area contributed by atoms with Gasteiger partial charge < -0.3 is 10.1 Å². The maximum atomic E-state index is 6.12. The average molecular weight is 336 g/mol. The Labute approximate surface area is 129 Å². The molecule has 0 aliphatic carbocycles. The molecule has 0 bridgehead atoms. The summed E-state index contributed by atoms with van der Waals surface area (Å²) in [6.45, 7) is 6.20. The summed E-state index contributed by atoms with van der Waals surface area (Å²) < 4.78 is 7.23. The van der Waals surface area contributed by atoms with Crippen molar-refractivity contribution in [1.29, 1.82) is 0 Å². The summed E-state index contributed by atoms with van der Waals surface area (Å²) in [5.74, 6) is 0.955. The normalized spacial score (nSPS) is 12.6. The molecule has 3 heteroatoms. The van der Waals surface area contributed by atoms with E-state index in [0.29, 0.717) is 0 Å². The van der Waals surface area contributed by atoms with E-state index >= 15 is 0 Å². The van der Waals surface area contributed by atoms with Crippen LogP contribution in [0.1, 0.15) is 26.7 Å². The van der Waals surface area contributed by atoms with E-state index in [9.17, 15) is 0 Å². The first-order valence-corrected chi connectivity index (χ1v) is 8.09. The van der Waals surface area contributed by atoms with Gasteiger partial charge in [0.2, 0.25) is 0 Å². The molecule has 2 rings (SSSR count). The van der Waals surface area contributed by atoms with Crippen molar-refractivity contribution in [1.82, 2.24) is 5.32 Å². The van der Waals surface area contributed by atoms with Crippen LogP contribution < -0.4 is 10.1 Å². The van der Waals surface area contributed by atoms with Crippen LogP contribution in [0, 0.1) is 0 Å². The minimum absolute atomic E-state index is 0.243. The van der Waals surface area contributed by atoms with Gasteiger partial charge in [-0.05, 0) is 48.0 Å². The highest BCUT2D eigenvalue weighted by atomic mass is 79.9. The molecule has 2 aromatic carbocycles. The second-order valence-electron chi connectivity index (χ2n) is 4.99. The lowest BCUT2D eigenvalue weighted by Gasteiger charge is -2.19. The van der Waals surface area contributed by atoms with Crippen LogP contribution in [0.3, 0.4) is 0 Å². The standard InChI is InChI=1S/C17H22BrNO/c1-3-5-17(12-19-4-2)20-16-9-7-13-10-15(18)8-6-14(13)11-16/h6-11,17,19H,3-5,12H2,1-2H3. The number of benzene rings is 2. The van der Waals surface area contributed by atoms with Gasteiger partial charge in [-0.3, -0.25) is 0 Å². The van der Waals surface area contributed by atoms with Crippen molar-refractivity contribution in [2.24, 2.45) is 0 Å². The third-order valence-electron chi connectivity index (χ3n) is 3.31. The topological polar surface area (TPSA) is 21.3 Å². The maximum Gasteiger partial charge on any atom is 0.120 e. The van der Waals surface area contributed by atoms with Gasteiger partial charge in [-0.2, -0.15) is 0 Å². The van der Waals surface area contributed by atoms with E-state index in [4.69, 9.17) is 4.74 Å². The van der Waals surface area contributed by atoms with Gasteiger partial charge in [-0.15, -0.1) is 0 Å². The summed E-state index contributed by atoms with van der Waals surface area (Å²) in [7, 11) is 0. The van der Waals surface area contributed by atoms with E-state index in [0.717, 1.165) is 36.2 Å². The van der Waals surface area contributed by atoms with E-state index in [1.54, 1.807) is 0 Å². The van der Waals surface area contributed by atoms with Gasteiger partial charge in [-0.1, -0.05) is 48.3 Å². The zero-order chi connectivity index (χ0) is 14.4. The van der Waals surface area contributed by atoms with Crippen LogP contribution in [-0.4, -0.2) is 19.2 Å². The van der Waals surface area contributed by atoms with Crippen LogP contribution in [0.5, 0.6) is 5.75 Å². The van der Waals surface area contributed by atoms with Gasteiger partial charge in [0.25, 0.3) is 0 Å². The molecule has 0 fully saturated rings. The number of rotatable bonds is 7. The zero-order valence-electron chi connectivity index (χ0n) is 12.2. The molecule has 2 aromatic rings. The molecule has 0 amide bonds. The van der Waals surface area contributed by atoms with E-state index in [2.05, 4.69) is 71.5 Å². The monoisotopic (exact) mass is 335 g/mol. The molecule has 0 saturated carbocycles. The largest absolute Gasteiger partial charge is 0.489 e. The lowest BCUT2D eigenvalue weighted by molar-refractivity contribution is 0.187. The Morgan fingerprint density at radius 2 is 1.85 bits per heavy atom. The number of fused-ring (bicyclic) bond motifs is 1. The number of hydrogen-bond acceptors (Lipinski definition) is 2. The smallest absolute Gasteiger partial charge is 0.120 e. The van der Waals surface area contributed by atoms with Crippen molar-refractivity contribution in [2.45, 2.75) is 32.8 Å². The van der Waals surface area contributed by atoms with Crippen molar-refractivity contribution in [2.75, 3.05) is 13.1 Å². The summed E-state index contributed by atoms with van der Waals surface area (Å²) in [5.41, 5.74) is 0. The van der Waals surface area contributed by atoms with E-state index in [-0.39, 0.29) is 6.10 Å². The highest BCUT2D eigenvalue weighted by molar-refractivity contribution is 9.10. The van der Waals surface area contributed by atoms with Crippen molar-refractivity contribution < 1.29 is 4.74 Å². The van der Waals surface area contributed by atoms with E-state index < -0.39 is 0 Å². The van der Waals surface area contributed by atoms with Gasteiger partial charge >= 0.3 is 0 Å². The van der Waals surface area contributed by atoms with Crippen molar-refractivity contribution >= 4 is 26.7 Å². The van der Waals surface area contributed by atoms with Gasteiger partial charge in [-0.25, -0.2) is 0 Å². The fourth-order valence-corrected chi connectivity index (χ4v) is 2.67. The maximum absolute atomic E-state index is 6.12. The van der Waals surface area contributed by atoms with Crippen molar-refractivity contribution in [3.63, 3.8) is 0 Å². The van der Waals surface area contributed by atoms with Crippen molar-refractivity contribution in [3.8, 4) is 5.75 Å². The van der Waals surface area contributed by atoms with Crippen LogP contribution in [-0.2, 0) is 0 Å². The summed E-state index contributed by atoms with van der Waals surface area (Å²) in [6, 6.07) is 12.6. The molecule has 1 N–H and O–H groups in total. The van der Waals surface area contributed by atoms with Crippen LogP contribution in [0.2, 0.25) is 0 Å². The lowest BCUT2D eigenvalue weighted by Crippen LogP contribution is -2.31. The first-order chi connectivity index (χ1) is 9.72. The fourth-order valence-electron chi connectivity index (χ4n) is 2.29. The Morgan fingerprint density at radius 3 is 2.60 bits per heavy atom. The molecule has 0 aromatic heterocycles. The van der Waals surface area contributed by atoms with Crippen molar-refractivity contribution in [3.05, 3.63) is 40.9 Å². The molecular formula is C17H22BrNO.